The molecule has 0 unspecified atom stereocenters. The van der Waals surface area contributed by atoms with Crippen molar-refractivity contribution in [3.05, 3.63) is 12.4 Å². The summed E-state index contributed by atoms with van der Waals surface area (Å²) in [5.41, 5.74) is 0. The molecule has 1 rings (SSSR count). The first kappa shape index (κ1) is 17.8. The molecule has 1 aromatic heterocycles. The first-order valence-corrected chi connectivity index (χ1v) is 8.16. The topological polar surface area (TPSA) is 105 Å². The minimum absolute atomic E-state index is 0.00152. The van der Waals surface area contributed by atoms with E-state index < -0.39 is 10.0 Å². The quantitative estimate of drug-likeness (QED) is 0.622. The summed E-state index contributed by atoms with van der Waals surface area (Å²) < 4.78 is 30.9. The Hall–Kier alpha value is -1.29. The first-order chi connectivity index (χ1) is 10.1. The molecule has 0 bridgehead atoms. The van der Waals surface area contributed by atoms with Gasteiger partial charge < -0.3 is 15.2 Å². The van der Waals surface area contributed by atoms with Crippen LogP contribution in [0.2, 0.25) is 0 Å². The van der Waals surface area contributed by atoms with Gasteiger partial charge in [0.05, 0.1) is 25.6 Å². The molecule has 0 aliphatic carbocycles. The highest BCUT2D eigenvalue weighted by Crippen LogP contribution is 2.14. The van der Waals surface area contributed by atoms with E-state index in [2.05, 4.69) is 15.3 Å². The number of methoxy groups -OCH3 is 1. The standard InChI is InChI=1S/C12H22N4O4S/c1-3-4-13-12-14-9-11(10-15-12)21(18,19)16(5-7-17)6-8-20-2/h9-10,17H,3-8H2,1-2H3,(H,13,14,15). The zero-order chi connectivity index (χ0) is 15.7. The minimum atomic E-state index is -3.73. The average molecular weight is 318 g/mol. The van der Waals surface area contributed by atoms with Gasteiger partial charge in [-0.1, -0.05) is 6.92 Å². The molecule has 0 atom stereocenters. The van der Waals surface area contributed by atoms with Gasteiger partial charge in [-0.15, -0.1) is 0 Å². The number of sulfonamides is 1. The van der Waals surface area contributed by atoms with Gasteiger partial charge in [0.1, 0.15) is 4.90 Å². The van der Waals surface area contributed by atoms with Crippen LogP contribution in [0.1, 0.15) is 13.3 Å². The van der Waals surface area contributed by atoms with E-state index in [0.29, 0.717) is 5.95 Å². The van der Waals surface area contributed by atoms with E-state index in [1.807, 2.05) is 6.92 Å². The Labute approximate surface area is 125 Å². The summed E-state index contributed by atoms with van der Waals surface area (Å²) in [5.74, 6) is 0.390. The van der Waals surface area contributed by atoms with Gasteiger partial charge in [-0.25, -0.2) is 18.4 Å². The van der Waals surface area contributed by atoms with Crippen molar-refractivity contribution < 1.29 is 18.3 Å². The summed E-state index contributed by atoms with van der Waals surface area (Å²) in [6.07, 6.45) is 3.44. The highest BCUT2D eigenvalue weighted by molar-refractivity contribution is 7.89. The van der Waals surface area contributed by atoms with Gasteiger partial charge in [0, 0.05) is 26.7 Å². The summed E-state index contributed by atoms with van der Waals surface area (Å²) in [7, 11) is -2.25. The summed E-state index contributed by atoms with van der Waals surface area (Å²) in [6.45, 7) is 2.87. The maximum Gasteiger partial charge on any atom is 0.246 e. The molecule has 0 amide bonds. The lowest BCUT2D eigenvalue weighted by atomic mass is 10.5. The van der Waals surface area contributed by atoms with Gasteiger partial charge in [-0.05, 0) is 6.42 Å². The van der Waals surface area contributed by atoms with Crippen LogP contribution in [0.4, 0.5) is 5.95 Å². The highest BCUT2D eigenvalue weighted by Gasteiger charge is 2.24. The van der Waals surface area contributed by atoms with E-state index in [-0.39, 0.29) is 31.2 Å². The number of rotatable bonds is 10. The van der Waals surface area contributed by atoms with E-state index in [9.17, 15) is 8.42 Å². The Morgan fingerprint density at radius 3 is 2.52 bits per heavy atom. The number of ether oxygens (including phenoxy) is 1. The molecule has 0 radical (unpaired) electrons. The molecule has 0 aliphatic rings. The van der Waals surface area contributed by atoms with Crippen molar-refractivity contribution in [1.29, 1.82) is 0 Å². The summed E-state index contributed by atoms with van der Waals surface area (Å²) in [6, 6.07) is 0. The van der Waals surface area contributed by atoms with Gasteiger partial charge in [0.15, 0.2) is 0 Å². The number of nitrogens with zero attached hydrogens (tertiary/aromatic N) is 3. The Kier molecular flexibility index (Phi) is 7.51. The van der Waals surface area contributed by atoms with E-state index >= 15 is 0 Å². The van der Waals surface area contributed by atoms with Gasteiger partial charge in [-0.3, -0.25) is 0 Å². The molecular formula is C12H22N4O4S. The molecule has 2 N–H and O–H groups in total. The Morgan fingerprint density at radius 2 is 2.00 bits per heavy atom. The number of nitrogens with one attached hydrogen (secondary N) is 1. The van der Waals surface area contributed by atoms with Crippen molar-refractivity contribution in [3.63, 3.8) is 0 Å². The van der Waals surface area contributed by atoms with Crippen molar-refractivity contribution in [1.82, 2.24) is 14.3 Å². The van der Waals surface area contributed by atoms with Gasteiger partial charge in [0.25, 0.3) is 0 Å². The Morgan fingerprint density at radius 1 is 1.33 bits per heavy atom. The second-order valence-corrected chi connectivity index (χ2v) is 6.23. The predicted molar refractivity (Wildman–Crippen MR) is 78.5 cm³/mol. The molecule has 1 aromatic rings. The zero-order valence-corrected chi connectivity index (χ0v) is 13.1. The third-order valence-electron chi connectivity index (χ3n) is 2.69. The highest BCUT2D eigenvalue weighted by atomic mass is 32.2. The van der Waals surface area contributed by atoms with Crippen LogP contribution < -0.4 is 5.32 Å². The molecule has 8 nitrogen and oxygen atoms in total. The number of aromatic nitrogens is 2. The van der Waals surface area contributed by atoms with Gasteiger partial charge in [-0.2, -0.15) is 4.31 Å². The number of aliphatic hydroxyl groups is 1. The fourth-order valence-corrected chi connectivity index (χ4v) is 2.89. The minimum Gasteiger partial charge on any atom is -0.395 e. The van der Waals surface area contributed by atoms with Crippen LogP contribution in [0, 0.1) is 0 Å². The van der Waals surface area contributed by atoms with Crippen molar-refractivity contribution >= 4 is 16.0 Å². The maximum absolute atomic E-state index is 12.4. The van der Waals surface area contributed by atoms with Crippen LogP contribution in [-0.4, -0.2) is 67.8 Å². The third kappa shape index (κ3) is 5.20. The normalized spacial score (nSPS) is 11.8. The number of hydrogen-bond donors (Lipinski definition) is 2. The molecule has 0 saturated heterocycles. The summed E-state index contributed by atoms with van der Waals surface area (Å²) in [4.78, 5) is 7.96. The molecule has 0 spiro atoms. The van der Waals surface area contributed by atoms with Crippen LogP contribution in [0.5, 0.6) is 0 Å². The molecule has 0 fully saturated rings. The van der Waals surface area contributed by atoms with Crippen LogP contribution in [-0.2, 0) is 14.8 Å². The van der Waals surface area contributed by atoms with Crippen molar-refractivity contribution in [2.75, 3.05) is 45.3 Å². The molecule has 0 aromatic carbocycles. The predicted octanol–water partition coefficient (Wildman–Crippen LogP) is -0.0721. The van der Waals surface area contributed by atoms with E-state index in [4.69, 9.17) is 9.84 Å². The second-order valence-electron chi connectivity index (χ2n) is 4.29. The van der Waals surface area contributed by atoms with Crippen LogP contribution in [0.25, 0.3) is 0 Å². The number of hydrogen-bond acceptors (Lipinski definition) is 7. The van der Waals surface area contributed by atoms with E-state index in [1.165, 1.54) is 19.5 Å². The van der Waals surface area contributed by atoms with E-state index in [0.717, 1.165) is 17.3 Å². The fourth-order valence-electron chi connectivity index (χ4n) is 1.58. The van der Waals surface area contributed by atoms with Crippen LogP contribution in [0.3, 0.4) is 0 Å². The lowest BCUT2D eigenvalue weighted by molar-refractivity contribution is 0.168. The molecule has 0 aliphatic heterocycles. The van der Waals surface area contributed by atoms with Gasteiger partial charge >= 0.3 is 0 Å². The fraction of sp³-hybridized carbons (Fsp3) is 0.667. The molecule has 120 valence electrons. The number of aliphatic hydroxyl groups excluding tert-OH is 1. The van der Waals surface area contributed by atoms with Crippen LogP contribution in [0.15, 0.2) is 17.3 Å². The largest absolute Gasteiger partial charge is 0.395 e. The maximum atomic E-state index is 12.4. The molecule has 21 heavy (non-hydrogen) atoms. The molecule has 9 heteroatoms. The second kappa shape index (κ2) is 8.88. The number of anilines is 1. The summed E-state index contributed by atoms with van der Waals surface area (Å²) in [5, 5.41) is 12.0. The lowest BCUT2D eigenvalue weighted by Gasteiger charge is -2.20. The van der Waals surface area contributed by atoms with Crippen LogP contribution >= 0.6 is 0 Å². The first-order valence-electron chi connectivity index (χ1n) is 6.72. The molecule has 0 saturated carbocycles. The van der Waals surface area contributed by atoms with Crippen molar-refractivity contribution in [3.8, 4) is 0 Å². The average Bonchev–Trinajstić information content (AvgIpc) is 2.49. The van der Waals surface area contributed by atoms with Crippen molar-refractivity contribution in [2.24, 2.45) is 0 Å². The third-order valence-corrected chi connectivity index (χ3v) is 4.54. The summed E-state index contributed by atoms with van der Waals surface area (Å²) >= 11 is 0. The SMILES string of the molecule is CCCNc1ncc(S(=O)(=O)N(CCO)CCOC)cn1. The monoisotopic (exact) mass is 318 g/mol. The van der Waals surface area contributed by atoms with Crippen molar-refractivity contribution in [2.45, 2.75) is 18.2 Å². The molecule has 1 heterocycles. The Balaban J connectivity index is 2.88. The van der Waals surface area contributed by atoms with E-state index in [1.54, 1.807) is 0 Å². The lowest BCUT2D eigenvalue weighted by Crippen LogP contribution is -2.36. The molecular weight excluding hydrogens is 296 g/mol. The zero-order valence-electron chi connectivity index (χ0n) is 12.3. The van der Waals surface area contributed by atoms with Gasteiger partial charge in [0.2, 0.25) is 16.0 Å². The smallest absolute Gasteiger partial charge is 0.246 e. The Bertz CT molecular complexity index is 506.